The number of hydrogen-bond donors (Lipinski definition) is 1. The Labute approximate surface area is 142 Å². The fourth-order valence-corrected chi connectivity index (χ4v) is 3.83. The quantitative estimate of drug-likeness (QED) is 0.785. The van der Waals surface area contributed by atoms with Gasteiger partial charge < -0.3 is 9.84 Å². The number of methoxy groups -OCH3 is 1. The predicted octanol–water partition coefficient (Wildman–Crippen LogP) is 0.245. The van der Waals surface area contributed by atoms with Gasteiger partial charge in [0, 0.05) is 40.3 Å². The molecule has 9 heteroatoms. The molecule has 1 aromatic rings. The van der Waals surface area contributed by atoms with E-state index >= 15 is 0 Å². The molecule has 1 N–H and O–H groups in total. The smallest absolute Gasteiger partial charge is 0.325 e. The summed E-state index contributed by atoms with van der Waals surface area (Å²) in [7, 11) is 1.02. The summed E-state index contributed by atoms with van der Waals surface area (Å²) in [4.78, 5) is 13.5. The Morgan fingerprint density at radius 1 is 1.25 bits per heavy atom. The number of carboxylic acid groups (broad SMARTS) is 1. The predicted molar refractivity (Wildman–Crippen MR) is 89.1 cm³/mol. The summed E-state index contributed by atoms with van der Waals surface area (Å²) in [6, 6.07) is 6.11. The average molecular weight is 357 g/mol. The number of piperazine rings is 1. The lowest BCUT2D eigenvalue weighted by molar-refractivity contribution is -0.144. The number of ether oxygens (including phenoxy) is 1. The fourth-order valence-electron chi connectivity index (χ4n) is 2.74. The Kier molecular flexibility index (Phi) is 5.81. The molecule has 1 aliphatic heterocycles. The molecule has 1 saturated heterocycles. The van der Waals surface area contributed by atoms with Crippen LogP contribution in [0.15, 0.2) is 24.3 Å². The van der Waals surface area contributed by atoms with Crippen LogP contribution in [0.5, 0.6) is 5.75 Å². The molecule has 1 aromatic carbocycles. The summed E-state index contributed by atoms with van der Waals surface area (Å²) in [5.41, 5.74) is 0.616. The zero-order valence-corrected chi connectivity index (χ0v) is 14.9. The van der Waals surface area contributed by atoms with Crippen molar-refractivity contribution < 1.29 is 23.1 Å². The molecule has 0 spiro atoms. The van der Waals surface area contributed by atoms with Gasteiger partial charge in [0.1, 0.15) is 11.8 Å². The van der Waals surface area contributed by atoms with Crippen LogP contribution in [0.25, 0.3) is 0 Å². The van der Waals surface area contributed by atoms with Crippen LogP contribution in [-0.2, 0) is 15.0 Å². The minimum atomic E-state index is -3.47. The van der Waals surface area contributed by atoms with Gasteiger partial charge >= 0.3 is 5.97 Å². The van der Waals surface area contributed by atoms with Gasteiger partial charge in [-0.2, -0.15) is 17.0 Å². The molecule has 1 heterocycles. The number of aliphatic carboxylic acids is 1. The monoisotopic (exact) mass is 357 g/mol. The van der Waals surface area contributed by atoms with Gasteiger partial charge in [-0.3, -0.25) is 9.69 Å². The van der Waals surface area contributed by atoms with E-state index in [9.17, 15) is 18.3 Å². The number of hydrogen-bond acceptors (Lipinski definition) is 5. The second kappa shape index (κ2) is 7.47. The first-order valence-corrected chi connectivity index (χ1v) is 8.95. The number of benzene rings is 1. The SMILES string of the molecule is COc1cccc(C(C(=O)O)N2CCN(S(=O)(=O)N(C)C)CC2)c1. The van der Waals surface area contributed by atoms with E-state index in [1.165, 1.54) is 29.8 Å². The molecule has 0 aromatic heterocycles. The largest absolute Gasteiger partial charge is 0.497 e. The molecule has 134 valence electrons. The molecule has 0 aliphatic carbocycles. The summed E-state index contributed by atoms with van der Waals surface area (Å²) in [5.74, 6) is -0.375. The first kappa shape index (κ1) is 18.7. The second-order valence-electron chi connectivity index (χ2n) is 5.74. The molecule has 1 atom stereocenters. The maximum atomic E-state index is 12.1. The van der Waals surface area contributed by atoms with Crippen LogP contribution in [0.1, 0.15) is 11.6 Å². The van der Waals surface area contributed by atoms with Gasteiger partial charge in [-0.1, -0.05) is 12.1 Å². The van der Waals surface area contributed by atoms with Crippen molar-refractivity contribution in [3.63, 3.8) is 0 Å². The van der Waals surface area contributed by atoms with Crippen LogP contribution in [0, 0.1) is 0 Å². The highest BCUT2D eigenvalue weighted by molar-refractivity contribution is 7.86. The van der Waals surface area contributed by atoms with Gasteiger partial charge in [-0.25, -0.2) is 0 Å². The minimum absolute atomic E-state index is 0.258. The van der Waals surface area contributed by atoms with Crippen molar-refractivity contribution in [1.29, 1.82) is 0 Å². The molecular weight excluding hydrogens is 334 g/mol. The zero-order chi connectivity index (χ0) is 17.9. The van der Waals surface area contributed by atoms with Crippen LogP contribution in [0.3, 0.4) is 0 Å². The van der Waals surface area contributed by atoms with E-state index in [1.54, 1.807) is 29.2 Å². The third-order valence-electron chi connectivity index (χ3n) is 4.07. The number of carboxylic acids is 1. The molecule has 0 bridgehead atoms. The lowest BCUT2D eigenvalue weighted by Gasteiger charge is -2.37. The second-order valence-corrected chi connectivity index (χ2v) is 7.88. The topological polar surface area (TPSA) is 90.4 Å². The van der Waals surface area contributed by atoms with E-state index in [4.69, 9.17) is 4.74 Å². The van der Waals surface area contributed by atoms with E-state index in [2.05, 4.69) is 0 Å². The van der Waals surface area contributed by atoms with Crippen LogP contribution >= 0.6 is 0 Å². The van der Waals surface area contributed by atoms with Crippen molar-refractivity contribution in [2.75, 3.05) is 47.4 Å². The Morgan fingerprint density at radius 3 is 2.38 bits per heavy atom. The lowest BCUT2D eigenvalue weighted by atomic mass is 10.0. The Hall–Kier alpha value is -1.68. The average Bonchev–Trinajstić information content (AvgIpc) is 2.55. The summed E-state index contributed by atoms with van der Waals surface area (Å²) >= 11 is 0. The molecule has 0 radical (unpaired) electrons. The third-order valence-corrected chi connectivity index (χ3v) is 6.01. The van der Waals surface area contributed by atoms with Crippen LogP contribution in [0.2, 0.25) is 0 Å². The van der Waals surface area contributed by atoms with E-state index in [0.29, 0.717) is 24.4 Å². The number of rotatable bonds is 6. The zero-order valence-electron chi connectivity index (χ0n) is 14.0. The molecule has 8 nitrogen and oxygen atoms in total. The minimum Gasteiger partial charge on any atom is -0.497 e. The van der Waals surface area contributed by atoms with Gasteiger partial charge in [0.2, 0.25) is 0 Å². The Balaban J connectivity index is 2.16. The van der Waals surface area contributed by atoms with E-state index in [0.717, 1.165) is 0 Å². The molecule has 0 amide bonds. The van der Waals surface area contributed by atoms with Crippen LogP contribution < -0.4 is 4.74 Å². The molecule has 2 rings (SSSR count). The van der Waals surface area contributed by atoms with Gasteiger partial charge in [-0.05, 0) is 17.7 Å². The fraction of sp³-hybridized carbons (Fsp3) is 0.533. The molecule has 0 saturated carbocycles. The molecule has 1 aliphatic rings. The molecule has 24 heavy (non-hydrogen) atoms. The maximum Gasteiger partial charge on any atom is 0.325 e. The first-order chi connectivity index (χ1) is 11.3. The number of nitrogens with zero attached hydrogens (tertiary/aromatic N) is 3. The maximum absolute atomic E-state index is 12.1. The number of carbonyl (C=O) groups is 1. The molecule has 1 fully saturated rings. The van der Waals surface area contributed by atoms with Crippen molar-refractivity contribution >= 4 is 16.2 Å². The third kappa shape index (κ3) is 3.86. The van der Waals surface area contributed by atoms with E-state index in [1.807, 2.05) is 0 Å². The van der Waals surface area contributed by atoms with Crippen molar-refractivity contribution in [3.05, 3.63) is 29.8 Å². The molecular formula is C15H23N3O5S. The van der Waals surface area contributed by atoms with Crippen molar-refractivity contribution in [3.8, 4) is 5.75 Å². The summed E-state index contributed by atoms with van der Waals surface area (Å²) in [6.45, 7) is 1.21. The lowest BCUT2D eigenvalue weighted by Crippen LogP contribution is -2.53. The van der Waals surface area contributed by atoms with Crippen molar-refractivity contribution in [1.82, 2.24) is 13.5 Å². The van der Waals surface area contributed by atoms with Crippen molar-refractivity contribution in [2.45, 2.75) is 6.04 Å². The Morgan fingerprint density at radius 2 is 1.88 bits per heavy atom. The summed E-state index contributed by atoms with van der Waals surface area (Å²) in [5, 5.41) is 9.63. The highest BCUT2D eigenvalue weighted by Crippen LogP contribution is 2.26. The highest BCUT2D eigenvalue weighted by atomic mass is 32.2. The summed E-state index contributed by atoms with van der Waals surface area (Å²) < 4.78 is 32.0. The van der Waals surface area contributed by atoms with Gasteiger partial charge in [0.25, 0.3) is 10.2 Å². The first-order valence-electron chi connectivity index (χ1n) is 7.55. The van der Waals surface area contributed by atoms with Crippen LogP contribution in [-0.4, -0.2) is 80.4 Å². The normalized spacial score (nSPS) is 18.5. The Bertz CT molecular complexity index is 684. The van der Waals surface area contributed by atoms with Crippen molar-refractivity contribution in [2.24, 2.45) is 0 Å². The van der Waals surface area contributed by atoms with E-state index in [-0.39, 0.29) is 13.1 Å². The summed E-state index contributed by atoms with van der Waals surface area (Å²) in [6.07, 6.45) is 0. The van der Waals surface area contributed by atoms with E-state index < -0.39 is 22.2 Å². The standard InChI is InChI=1S/C15H23N3O5S/c1-16(2)24(21,22)18-9-7-17(8-10-18)14(15(19)20)12-5-4-6-13(11-12)23-3/h4-6,11,14H,7-10H2,1-3H3,(H,19,20). The van der Waals surface area contributed by atoms with Gasteiger partial charge in [-0.15, -0.1) is 0 Å². The van der Waals surface area contributed by atoms with Gasteiger partial charge in [0.15, 0.2) is 0 Å². The van der Waals surface area contributed by atoms with Gasteiger partial charge in [0.05, 0.1) is 7.11 Å². The highest BCUT2D eigenvalue weighted by Gasteiger charge is 2.34. The van der Waals surface area contributed by atoms with Crippen LogP contribution in [0.4, 0.5) is 0 Å². The molecule has 1 unspecified atom stereocenters.